The summed E-state index contributed by atoms with van der Waals surface area (Å²) in [7, 11) is 0. The zero-order chi connectivity index (χ0) is 22.4. The molecule has 2 rings (SSSR count). The Morgan fingerprint density at radius 3 is 2.28 bits per heavy atom. The van der Waals surface area contributed by atoms with Crippen molar-refractivity contribution in [1.29, 1.82) is 0 Å². The van der Waals surface area contributed by atoms with Crippen molar-refractivity contribution in [2.75, 3.05) is 5.32 Å². The summed E-state index contributed by atoms with van der Waals surface area (Å²) in [5.41, 5.74) is -1.57. The highest BCUT2D eigenvalue weighted by molar-refractivity contribution is 6.68. The van der Waals surface area contributed by atoms with Gasteiger partial charge in [-0.25, -0.2) is 0 Å². The van der Waals surface area contributed by atoms with Gasteiger partial charge in [0.05, 0.1) is 22.2 Å². The van der Waals surface area contributed by atoms with E-state index in [0.29, 0.717) is 0 Å². The second-order valence-electron chi connectivity index (χ2n) is 7.10. The lowest BCUT2D eigenvalue weighted by molar-refractivity contribution is -0.137. The van der Waals surface area contributed by atoms with Gasteiger partial charge in [0.2, 0.25) is 9.70 Å². The molecule has 12 heteroatoms. The van der Waals surface area contributed by atoms with Crippen LogP contribution in [0.4, 0.5) is 18.9 Å². The SMILES string of the molecule is CC1(C)[C@H](C(=O)N[C@H](Nc2cc(C(F)(F)F)ccc2Cl)C(Cl)(Cl)Cl)[C@@H]1C=C(Cl)Cl. The van der Waals surface area contributed by atoms with E-state index in [2.05, 4.69) is 10.6 Å². The molecule has 1 saturated carbocycles. The van der Waals surface area contributed by atoms with Gasteiger partial charge in [-0.2, -0.15) is 13.2 Å². The maximum Gasteiger partial charge on any atom is 0.416 e. The van der Waals surface area contributed by atoms with Crippen molar-refractivity contribution in [2.24, 2.45) is 17.3 Å². The molecule has 0 aromatic heterocycles. The first-order chi connectivity index (χ1) is 13.0. The van der Waals surface area contributed by atoms with Crippen molar-refractivity contribution in [1.82, 2.24) is 5.32 Å². The molecule has 0 saturated heterocycles. The summed E-state index contributed by atoms with van der Waals surface area (Å²) in [6.07, 6.45) is -4.43. The van der Waals surface area contributed by atoms with Crippen LogP contribution in [-0.2, 0) is 11.0 Å². The molecule has 0 bridgehead atoms. The largest absolute Gasteiger partial charge is 0.416 e. The van der Waals surface area contributed by atoms with Crippen molar-refractivity contribution in [2.45, 2.75) is 30.0 Å². The number of benzene rings is 1. The van der Waals surface area contributed by atoms with Crippen molar-refractivity contribution in [3.63, 3.8) is 0 Å². The molecule has 0 unspecified atom stereocenters. The van der Waals surface area contributed by atoms with E-state index in [9.17, 15) is 18.0 Å². The maximum atomic E-state index is 13.0. The molecule has 0 aliphatic heterocycles. The lowest BCUT2D eigenvalue weighted by Crippen LogP contribution is -2.50. The van der Waals surface area contributed by atoms with Crippen LogP contribution in [-0.4, -0.2) is 15.9 Å². The summed E-state index contributed by atoms with van der Waals surface area (Å²) < 4.78 is 36.9. The summed E-state index contributed by atoms with van der Waals surface area (Å²) in [6.45, 7) is 3.66. The normalized spacial score (nSPS) is 21.9. The van der Waals surface area contributed by atoms with Crippen molar-refractivity contribution in [3.8, 4) is 0 Å². The Morgan fingerprint density at radius 1 is 1.21 bits per heavy atom. The Balaban J connectivity index is 2.24. The van der Waals surface area contributed by atoms with Crippen LogP contribution in [0.15, 0.2) is 28.8 Å². The van der Waals surface area contributed by atoms with Gasteiger partial charge in [-0.1, -0.05) is 83.5 Å². The minimum atomic E-state index is -4.60. The molecule has 3 nitrogen and oxygen atoms in total. The first kappa shape index (κ1) is 25.0. The van der Waals surface area contributed by atoms with Crippen LogP contribution >= 0.6 is 69.6 Å². The van der Waals surface area contributed by atoms with E-state index >= 15 is 0 Å². The fourth-order valence-electron chi connectivity index (χ4n) is 3.02. The van der Waals surface area contributed by atoms with E-state index in [1.165, 1.54) is 6.08 Å². The van der Waals surface area contributed by atoms with Crippen LogP contribution < -0.4 is 10.6 Å². The van der Waals surface area contributed by atoms with Crippen molar-refractivity contribution < 1.29 is 18.0 Å². The second kappa shape index (κ2) is 8.71. The molecule has 0 heterocycles. The van der Waals surface area contributed by atoms with Gasteiger partial charge in [-0.15, -0.1) is 0 Å². The maximum absolute atomic E-state index is 13.0. The molecule has 2 N–H and O–H groups in total. The van der Waals surface area contributed by atoms with Crippen LogP contribution in [0.2, 0.25) is 5.02 Å². The average Bonchev–Trinajstić information content (AvgIpc) is 3.06. The molecule has 29 heavy (non-hydrogen) atoms. The number of carbonyl (C=O) groups is 1. The fourth-order valence-corrected chi connectivity index (χ4v) is 3.80. The lowest BCUT2D eigenvalue weighted by atomic mass is 10.1. The summed E-state index contributed by atoms with van der Waals surface area (Å²) in [6, 6.07) is 2.63. The van der Waals surface area contributed by atoms with Gasteiger partial charge < -0.3 is 10.6 Å². The van der Waals surface area contributed by atoms with Crippen LogP contribution in [0.1, 0.15) is 19.4 Å². The van der Waals surface area contributed by atoms with Gasteiger partial charge in [0.25, 0.3) is 0 Å². The smallest absolute Gasteiger partial charge is 0.361 e. The predicted molar refractivity (Wildman–Crippen MR) is 113 cm³/mol. The predicted octanol–water partition coefficient (Wildman–Crippen LogP) is 7.17. The highest BCUT2D eigenvalue weighted by atomic mass is 35.6. The number of anilines is 1. The number of amides is 1. The Hall–Kier alpha value is -0.240. The van der Waals surface area contributed by atoms with Crippen LogP contribution in [0.3, 0.4) is 0 Å². The molecule has 162 valence electrons. The Labute approximate surface area is 195 Å². The summed E-state index contributed by atoms with van der Waals surface area (Å²) in [5.74, 6) is -1.26. The lowest BCUT2D eigenvalue weighted by Gasteiger charge is -2.28. The summed E-state index contributed by atoms with van der Waals surface area (Å²) >= 11 is 35.1. The van der Waals surface area contributed by atoms with E-state index < -0.39 is 38.9 Å². The van der Waals surface area contributed by atoms with E-state index in [1.54, 1.807) is 0 Å². The van der Waals surface area contributed by atoms with E-state index in [0.717, 1.165) is 18.2 Å². The highest BCUT2D eigenvalue weighted by Gasteiger charge is 2.61. The number of alkyl halides is 6. The third-order valence-corrected chi connectivity index (χ3v) is 5.94. The highest BCUT2D eigenvalue weighted by Crippen LogP contribution is 2.59. The number of carbonyl (C=O) groups excluding carboxylic acids is 1. The Bertz CT molecular complexity index is 818. The van der Waals surface area contributed by atoms with Crippen molar-refractivity contribution in [3.05, 3.63) is 39.4 Å². The number of hydrogen-bond acceptors (Lipinski definition) is 2. The minimum Gasteiger partial charge on any atom is -0.361 e. The molecule has 1 aliphatic rings. The molecule has 1 aliphatic carbocycles. The van der Waals surface area contributed by atoms with Gasteiger partial charge in [0, 0.05) is 0 Å². The molecule has 1 aromatic rings. The molecule has 0 spiro atoms. The van der Waals surface area contributed by atoms with Gasteiger partial charge in [0.15, 0.2) is 0 Å². The first-order valence-electron chi connectivity index (χ1n) is 8.08. The molecule has 1 aromatic carbocycles. The monoisotopic (exact) mass is 530 g/mol. The zero-order valence-electron chi connectivity index (χ0n) is 14.9. The van der Waals surface area contributed by atoms with Crippen LogP contribution in [0, 0.1) is 17.3 Å². The quantitative estimate of drug-likeness (QED) is 0.312. The Kier molecular flexibility index (Phi) is 7.52. The number of nitrogens with one attached hydrogen (secondary N) is 2. The third-order valence-electron chi connectivity index (χ3n) is 4.71. The van der Waals surface area contributed by atoms with E-state index in [1.807, 2.05) is 13.8 Å². The number of allylic oxidation sites excluding steroid dienone is 1. The van der Waals surface area contributed by atoms with Gasteiger partial charge in [-0.05, 0) is 35.6 Å². The number of halogens is 9. The number of hydrogen-bond donors (Lipinski definition) is 2. The topological polar surface area (TPSA) is 41.1 Å². The molecule has 3 atom stereocenters. The summed E-state index contributed by atoms with van der Waals surface area (Å²) in [4.78, 5) is 12.7. The molecule has 0 radical (unpaired) electrons. The minimum absolute atomic E-state index is 0.0187. The molecular weight excluding hydrogens is 518 g/mol. The fraction of sp³-hybridized carbons (Fsp3) is 0.471. The third kappa shape index (κ3) is 6.14. The average molecular weight is 533 g/mol. The zero-order valence-corrected chi connectivity index (χ0v) is 19.4. The van der Waals surface area contributed by atoms with E-state index in [-0.39, 0.29) is 21.1 Å². The van der Waals surface area contributed by atoms with Crippen molar-refractivity contribution >= 4 is 81.2 Å². The van der Waals surface area contributed by atoms with Gasteiger partial charge in [-0.3, -0.25) is 4.79 Å². The standard InChI is InChI=1S/C17H15Cl6F3N2O/c1-15(2)8(6-11(19)20)12(15)13(29)28-14(16(21,22)23)27-10-5-7(17(24,25)26)3-4-9(10)18/h3-6,8,12,14,27H,1-2H3,(H,28,29)/t8-,12-,14-/m0/s1. The van der Waals surface area contributed by atoms with Crippen LogP contribution in [0.25, 0.3) is 0 Å². The van der Waals surface area contributed by atoms with Gasteiger partial charge >= 0.3 is 6.18 Å². The van der Waals surface area contributed by atoms with Crippen LogP contribution in [0.5, 0.6) is 0 Å². The molecular formula is C17H15Cl6F3N2O. The molecule has 1 fully saturated rings. The van der Waals surface area contributed by atoms with E-state index in [4.69, 9.17) is 69.6 Å². The first-order valence-corrected chi connectivity index (χ1v) is 10.3. The van der Waals surface area contributed by atoms with Gasteiger partial charge in [0.1, 0.15) is 10.7 Å². The summed E-state index contributed by atoms with van der Waals surface area (Å²) in [5, 5.41) is 5.03. The second-order valence-corrected chi connectivity index (χ2v) is 10.9. The Morgan fingerprint density at radius 2 is 1.79 bits per heavy atom. The molecule has 1 amide bonds. The number of rotatable bonds is 5.